The third kappa shape index (κ3) is 1.34. The summed E-state index contributed by atoms with van der Waals surface area (Å²) in [5.74, 6) is -0.454. The van der Waals surface area contributed by atoms with Crippen LogP contribution < -0.4 is 0 Å². The molecule has 0 N–H and O–H groups in total. The number of pyridine rings is 1. The summed E-state index contributed by atoms with van der Waals surface area (Å²) in [6.07, 6.45) is 0. The van der Waals surface area contributed by atoms with Crippen molar-refractivity contribution in [1.82, 2.24) is 4.98 Å². The maximum absolute atomic E-state index is 13.7. The minimum atomic E-state index is -0.454. The lowest BCUT2D eigenvalue weighted by Crippen LogP contribution is -1.87. The number of hydrogen-bond acceptors (Lipinski definition) is 1. The fraction of sp³-hybridized carbons (Fsp3) is 0. The molecule has 3 heteroatoms. The number of aromatic nitrogens is 1. The molecule has 1 nitrogen and oxygen atoms in total. The lowest BCUT2D eigenvalue weighted by atomic mass is 10.1. The van der Waals surface area contributed by atoms with Crippen LogP contribution in [0.2, 0.25) is 5.02 Å². The van der Waals surface area contributed by atoms with E-state index in [4.69, 9.17) is 11.6 Å². The summed E-state index contributed by atoms with van der Waals surface area (Å²) >= 11 is 5.72. The molecule has 0 saturated carbocycles. The highest BCUT2D eigenvalue weighted by Crippen LogP contribution is 2.25. The van der Waals surface area contributed by atoms with Crippen molar-refractivity contribution in [3.63, 3.8) is 0 Å². The van der Waals surface area contributed by atoms with Gasteiger partial charge in [-0.1, -0.05) is 35.9 Å². The predicted octanol–water partition coefficient (Wildman–Crippen LogP) is 4.18. The van der Waals surface area contributed by atoms with Crippen molar-refractivity contribution >= 4 is 33.4 Å². The Morgan fingerprint density at radius 2 is 1.81 bits per heavy atom. The van der Waals surface area contributed by atoms with Gasteiger partial charge in [0.2, 0.25) is 0 Å². The fourth-order valence-electron chi connectivity index (χ4n) is 1.78. The molecular weight excluding hydrogens is 225 g/mol. The highest BCUT2D eigenvalue weighted by atomic mass is 35.5. The Kier molecular flexibility index (Phi) is 2.04. The molecule has 0 aliphatic rings. The summed E-state index contributed by atoms with van der Waals surface area (Å²) in [7, 11) is 0. The van der Waals surface area contributed by atoms with E-state index in [0.29, 0.717) is 5.52 Å². The number of halogens is 2. The average Bonchev–Trinajstić information content (AvgIpc) is 2.32. The topological polar surface area (TPSA) is 12.9 Å². The second kappa shape index (κ2) is 3.42. The second-order valence-electron chi connectivity index (χ2n) is 3.61. The molecule has 3 aromatic rings. The average molecular weight is 232 g/mol. The Morgan fingerprint density at radius 3 is 2.69 bits per heavy atom. The van der Waals surface area contributed by atoms with E-state index in [-0.39, 0.29) is 5.02 Å². The Balaban J connectivity index is 2.51. The summed E-state index contributed by atoms with van der Waals surface area (Å²) in [6.45, 7) is 0. The minimum Gasteiger partial charge on any atom is -0.245 e. The van der Waals surface area contributed by atoms with Gasteiger partial charge in [-0.25, -0.2) is 9.37 Å². The van der Waals surface area contributed by atoms with Crippen molar-refractivity contribution in [2.24, 2.45) is 0 Å². The van der Waals surface area contributed by atoms with Crippen LogP contribution in [0, 0.1) is 5.82 Å². The third-order valence-electron chi connectivity index (χ3n) is 2.58. The first-order valence-electron chi connectivity index (χ1n) is 4.89. The molecule has 0 bridgehead atoms. The van der Waals surface area contributed by atoms with Gasteiger partial charge in [-0.3, -0.25) is 0 Å². The zero-order valence-electron chi connectivity index (χ0n) is 8.24. The highest BCUT2D eigenvalue weighted by molar-refractivity contribution is 6.31. The molecule has 1 heterocycles. The standard InChI is InChI=1S/C13H7ClFN/c14-10-6-5-9-7-8-3-1-2-4-11(8)16-13(9)12(10)15/h1-7H. The zero-order chi connectivity index (χ0) is 11.1. The van der Waals surface area contributed by atoms with E-state index in [1.54, 1.807) is 12.1 Å². The van der Waals surface area contributed by atoms with Gasteiger partial charge in [-0.15, -0.1) is 0 Å². The number of fused-ring (bicyclic) bond motifs is 2. The number of nitrogens with zero attached hydrogens (tertiary/aromatic N) is 1. The summed E-state index contributed by atoms with van der Waals surface area (Å²) in [6, 6.07) is 12.9. The van der Waals surface area contributed by atoms with E-state index in [1.807, 2.05) is 30.3 Å². The van der Waals surface area contributed by atoms with Gasteiger partial charge < -0.3 is 0 Å². The maximum Gasteiger partial charge on any atom is 0.167 e. The normalized spacial score (nSPS) is 11.1. The lowest BCUT2D eigenvalue weighted by molar-refractivity contribution is 0.637. The van der Waals surface area contributed by atoms with Gasteiger partial charge in [0.1, 0.15) is 5.52 Å². The molecule has 0 spiro atoms. The van der Waals surface area contributed by atoms with Crippen molar-refractivity contribution in [1.29, 1.82) is 0 Å². The number of para-hydroxylation sites is 1. The molecule has 78 valence electrons. The van der Waals surface area contributed by atoms with E-state index < -0.39 is 5.82 Å². The van der Waals surface area contributed by atoms with Gasteiger partial charge in [0.05, 0.1) is 10.5 Å². The summed E-state index contributed by atoms with van der Waals surface area (Å²) in [5, 5.41) is 1.87. The van der Waals surface area contributed by atoms with Gasteiger partial charge in [0, 0.05) is 10.8 Å². The molecule has 0 saturated heterocycles. The summed E-state index contributed by atoms with van der Waals surface area (Å²) in [4.78, 5) is 4.28. The van der Waals surface area contributed by atoms with Gasteiger partial charge in [0.15, 0.2) is 5.82 Å². The van der Waals surface area contributed by atoms with E-state index in [9.17, 15) is 4.39 Å². The van der Waals surface area contributed by atoms with Crippen LogP contribution in [-0.2, 0) is 0 Å². The summed E-state index contributed by atoms with van der Waals surface area (Å²) in [5.41, 5.74) is 1.10. The SMILES string of the molecule is Fc1c(Cl)ccc2cc3ccccc3nc12. The van der Waals surface area contributed by atoms with Gasteiger partial charge >= 0.3 is 0 Å². The van der Waals surface area contributed by atoms with Crippen molar-refractivity contribution in [2.75, 3.05) is 0 Å². The predicted molar refractivity (Wildman–Crippen MR) is 64.2 cm³/mol. The van der Waals surface area contributed by atoms with Crippen molar-refractivity contribution < 1.29 is 4.39 Å². The van der Waals surface area contributed by atoms with Crippen LogP contribution in [0.1, 0.15) is 0 Å². The molecule has 1 aromatic heterocycles. The molecule has 0 amide bonds. The van der Waals surface area contributed by atoms with Crippen LogP contribution in [-0.4, -0.2) is 4.98 Å². The monoisotopic (exact) mass is 231 g/mol. The lowest BCUT2D eigenvalue weighted by Gasteiger charge is -2.03. The van der Waals surface area contributed by atoms with Gasteiger partial charge in [-0.05, 0) is 18.2 Å². The number of benzene rings is 2. The van der Waals surface area contributed by atoms with Crippen molar-refractivity contribution in [2.45, 2.75) is 0 Å². The molecule has 0 atom stereocenters. The Bertz CT molecular complexity index is 694. The van der Waals surface area contributed by atoms with Crippen LogP contribution >= 0.6 is 11.6 Å². The molecule has 3 rings (SSSR count). The minimum absolute atomic E-state index is 0.107. The smallest absolute Gasteiger partial charge is 0.167 e. The van der Waals surface area contributed by atoms with E-state index in [1.165, 1.54) is 0 Å². The van der Waals surface area contributed by atoms with Crippen LogP contribution in [0.15, 0.2) is 42.5 Å². The molecule has 0 aliphatic carbocycles. The molecular formula is C13H7ClFN. The van der Waals surface area contributed by atoms with Crippen LogP contribution in [0.3, 0.4) is 0 Å². The van der Waals surface area contributed by atoms with Crippen LogP contribution in [0.4, 0.5) is 4.39 Å². The Morgan fingerprint density at radius 1 is 1.00 bits per heavy atom. The van der Waals surface area contributed by atoms with E-state index >= 15 is 0 Å². The second-order valence-corrected chi connectivity index (χ2v) is 4.02. The van der Waals surface area contributed by atoms with Gasteiger partial charge in [0.25, 0.3) is 0 Å². The highest BCUT2D eigenvalue weighted by Gasteiger charge is 2.07. The van der Waals surface area contributed by atoms with Crippen molar-refractivity contribution in [3.8, 4) is 0 Å². The van der Waals surface area contributed by atoms with Gasteiger partial charge in [-0.2, -0.15) is 0 Å². The van der Waals surface area contributed by atoms with Crippen LogP contribution in [0.5, 0.6) is 0 Å². The van der Waals surface area contributed by atoms with Crippen molar-refractivity contribution in [3.05, 3.63) is 53.3 Å². The van der Waals surface area contributed by atoms with Crippen LogP contribution in [0.25, 0.3) is 21.8 Å². The fourth-order valence-corrected chi connectivity index (χ4v) is 1.94. The quantitative estimate of drug-likeness (QED) is 0.529. The molecule has 2 aromatic carbocycles. The molecule has 0 unspecified atom stereocenters. The van der Waals surface area contributed by atoms with E-state index in [2.05, 4.69) is 4.98 Å². The number of rotatable bonds is 0. The molecule has 0 radical (unpaired) electrons. The molecule has 0 aliphatic heterocycles. The van der Waals surface area contributed by atoms with E-state index in [0.717, 1.165) is 16.3 Å². The largest absolute Gasteiger partial charge is 0.245 e. The third-order valence-corrected chi connectivity index (χ3v) is 2.87. The molecule has 16 heavy (non-hydrogen) atoms. The first-order chi connectivity index (χ1) is 7.75. The number of hydrogen-bond donors (Lipinski definition) is 0. The first-order valence-corrected chi connectivity index (χ1v) is 5.27. The Hall–Kier alpha value is -1.67. The zero-order valence-corrected chi connectivity index (χ0v) is 9.00. The molecule has 0 fully saturated rings. The summed E-state index contributed by atoms with van der Waals surface area (Å²) < 4.78 is 13.7. The Labute approximate surface area is 96.5 Å². The first kappa shape index (κ1) is 9.55. The maximum atomic E-state index is 13.7.